The van der Waals surface area contributed by atoms with Gasteiger partial charge in [-0.05, 0) is 19.6 Å². The lowest BCUT2D eigenvalue weighted by molar-refractivity contribution is -0.573. The topological polar surface area (TPSA) is 38.5 Å². The molecule has 0 fully saturated rings. The van der Waals surface area contributed by atoms with E-state index in [1.54, 1.807) is 0 Å². The maximum atomic E-state index is 11.4. The highest BCUT2D eigenvalue weighted by Gasteiger charge is 2.34. The van der Waals surface area contributed by atoms with Crippen LogP contribution in [0.25, 0.3) is 0 Å². The van der Waals surface area contributed by atoms with Crippen LogP contribution in [0.3, 0.4) is 0 Å². The van der Waals surface area contributed by atoms with Crippen molar-refractivity contribution in [1.29, 1.82) is 0 Å². The monoisotopic (exact) mass is 230 g/mol. The fourth-order valence-corrected chi connectivity index (χ4v) is 2.03. The van der Waals surface area contributed by atoms with Crippen molar-refractivity contribution in [3.8, 4) is 0 Å². The van der Waals surface area contributed by atoms with E-state index in [1.165, 1.54) is 7.11 Å². The molecule has 1 aliphatic heterocycles. The van der Waals surface area contributed by atoms with Gasteiger partial charge >= 0.3 is 5.97 Å². The highest BCUT2D eigenvalue weighted by atomic mass is 28.4. The Labute approximate surface area is 92.0 Å². The quantitative estimate of drug-likeness (QED) is 0.414. The number of hydrogen-bond donors (Lipinski definition) is 0. The van der Waals surface area contributed by atoms with Crippen LogP contribution in [0.1, 0.15) is 12.8 Å². The summed E-state index contributed by atoms with van der Waals surface area (Å²) in [5.41, 5.74) is 0. The summed E-state index contributed by atoms with van der Waals surface area (Å²) < 4.78 is 12.5. The van der Waals surface area contributed by atoms with Gasteiger partial charge in [0.15, 0.2) is 8.32 Å². The van der Waals surface area contributed by atoms with Crippen LogP contribution in [0, 0.1) is 0 Å². The molecule has 0 aromatic carbocycles. The minimum atomic E-state index is -1.51. The van der Waals surface area contributed by atoms with E-state index < -0.39 is 8.32 Å². The van der Waals surface area contributed by atoms with Crippen molar-refractivity contribution < 1.29 is 18.5 Å². The van der Waals surface area contributed by atoms with Gasteiger partial charge in [0.2, 0.25) is 6.73 Å². The van der Waals surface area contributed by atoms with Crippen LogP contribution in [0.15, 0.2) is 0 Å². The molecule has 86 valence electrons. The first-order valence-corrected chi connectivity index (χ1v) is 8.66. The molecule has 0 amide bonds. The molecular weight excluding hydrogens is 210 g/mol. The number of ether oxygens (including phenoxy) is 1. The smallest absolute Gasteiger partial charge is 0.375 e. The summed E-state index contributed by atoms with van der Waals surface area (Å²) in [4.78, 5) is 11.4. The number of carbonyl (C=O) groups is 1. The number of carbonyl (C=O) groups excluding carboxylic acids is 1. The lowest BCUT2D eigenvalue weighted by Crippen LogP contribution is -2.37. The van der Waals surface area contributed by atoms with E-state index in [-0.39, 0.29) is 12.0 Å². The molecule has 4 nitrogen and oxygen atoms in total. The summed E-state index contributed by atoms with van der Waals surface area (Å²) >= 11 is 0. The van der Waals surface area contributed by atoms with Gasteiger partial charge in [0.05, 0.1) is 7.11 Å². The van der Waals surface area contributed by atoms with Gasteiger partial charge in [-0.1, -0.05) is 0 Å². The molecule has 0 unspecified atom stereocenters. The van der Waals surface area contributed by atoms with Crippen LogP contribution in [-0.4, -0.2) is 45.0 Å². The first kappa shape index (κ1) is 12.4. The number of hydrogen-bond acceptors (Lipinski definition) is 3. The molecule has 0 spiro atoms. The second kappa shape index (κ2) is 4.89. The van der Waals surface area contributed by atoms with Crippen LogP contribution in [-0.2, 0) is 14.0 Å². The van der Waals surface area contributed by atoms with Gasteiger partial charge in [-0.3, -0.25) is 0 Å². The maximum absolute atomic E-state index is 11.4. The van der Waals surface area contributed by atoms with Crippen LogP contribution in [0.2, 0.25) is 19.6 Å². The fourth-order valence-electron chi connectivity index (χ4n) is 1.49. The third-order valence-electron chi connectivity index (χ3n) is 2.32. The second-order valence-corrected chi connectivity index (χ2v) is 9.21. The summed E-state index contributed by atoms with van der Waals surface area (Å²) in [6.07, 6.45) is 3.79. The van der Waals surface area contributed by atoms with Crippen molar-refractivity contribution in [2.24, 2.45) is 0 Å². The van der Waals surface area contributed by atoms with Gasteiger partial charge in [0.1, 0.15) is 6.21 Å². The molecule has 0 saturated carbocycles. The van der Waals surface area contributed by atoms with Crippen molar-refractivity contribution in [2.45, 2.75) is 38.5 Å². The Morgan fingerprint density at radius 1 is 1.53 bits per heavy atom. The van der Waals surface area contributed by atoms with E-state index >= 15 is 0 Å². The molecule has 1 atom stereocenters. The fraction of sp³-hybridized carbons (Fsp3) is 0.800. The summed E-state index contributed by atoms with van der Waals surface area (Å²) in [6.45, 7) is 6.91. The van der Waals surface area contributed by atoms with E-state index in [9.17, 15) is 4.79 Å². The minimum Gasteiger partial charge on any atom is -0.464 e. The molecule has 0 radical (unpaired) electrons. The third-order valence-corrected chi connectivity index (χ3v) is 3.32. The first-order chi connectivity index (χ1) is 6.94. The average Bonchev–Trinajstić information content (AvgIpc) is 2.60. The number of esters is 1. The highest BCUT2D eigenvalue weighted by Crippen LogP contribution is 2.12. The summed E-state index contributed by atoms with van der Waals surface area (Å²) in [6, 6.07) is -0.147. The summed E-state index contributed by atoms with van der Waals surface area (Å²) in [5, 5.41) is 0. The molecule has 0 bridgehead atoms. The summed E-state index contributed by atoms with van der Waals surface area (Å²) in [7, 11) is -0.0843. The van der Waals surface area contributed by atoms with Crippen molar-refractivity contribution in [1.82, 2.24) is 0 Å². The van der Waals surface area contributed by atoms with Gasteiger partial charge in [0, 0.05) is 12.8 Å². The van der Waals surface area contributed by atoms with E-state index in [0.717, 1.165) is 12.8 Å². The van der Waals surface area contributed by atoms with Crippen molar-refractivity contribution in [2.75, 3.05) is 13.8 Å². The van der Waals surface area contributed by atoms with E-state index in [2.05, 4.69) is 19.6 Å². The van der Waals surface area contributed by atoms with Crippen molar-refractivity contribution in [3.63, 3.8) is 0 Å². The number of rotatable bonds is 4. The predicted molar refractivity (Wildman–Crippen MR) is 60.7 cm³/mol. The number of nitrogens with zero attached hydrogens (tertiary/aromatic N) is 1. The largest absolute Gasteiger partial charge is 0.464 e. The van der Waals surface area contributed by atoms with E-state index in [0.29, 0.717) is 6.73 Å². The van der Waals surface area contributed by atoms with E-state index in [4.69, 9.17) is 9.16 Å². The number of methoxy groups -OCH3 is 1. The van der Waals surface area contributed by atoms with Gasteiger partial charge in [-0.25, -0.2) is 9.37 Å². The van der Waals surface area contributed by atoms with Crippen molar-refractivity contribution >= 4 is 20.5 Å². The molecule has 5 heteroatoms. The Balaban J connectivity index is 2.51. The molecule has 15 heavy (non-hydrogen) atoms. The van der Waals surface area contributed by atoms with Crippen LogP contribution < -0.4 is 0 Å². The van der Waals surface area contributed by atoms with Gasteiger partial charge in [0.25, 0.3) is 6.04 Å². The van der Waals surface area contributed by atoms with Gasteiger partial charge in [-0.2, -0.15) is 0 Å². The van der Waals surface area contributed by atoms with Crippen LogP contribution in [0.4, 0.5) is 0 Å². The van der Waals surface area contributed by atoms with Gasteiger partial charge in [-0.15, -0.1) is 0 Å². The molecule has 0 aromatic rings. The molecule has 0 saturated heterocycles. The SMILES string of the molecule is COC(=O)[C@@H]1CCC=[N+]1CO[Si](C)(C)C. The highest BCUT2D eigenvalue weighted by molar-refractivity contribution is 6.69. The standard InChI is InChI=1S/C10H20NO3Si/c1-13-10(12)9-6-5-7-11(9)8-14-15(2,3)4/h7,9H,5-6,8H2,1-4H3/q+1/t9-/m0/s1. The zero-order valence-electron chi connectivity index (χ0n) is 9.95. The predicted octanol–water partition coefficient (Wildman–Crippen LogP) is 1.21. The molecule has 0 aliphatic carbocycles. The molecule has 0 N–H and O–H groups in total. The molecular formula is C10H20NO3Si+. The van der Waals surface area contributed by atoms with E-state index in [1.807, 2.05) is 10.8 Å². The zero-order chi connectivity index (χ0) is 11.5. The van der Waals surface area contributed by atoms with Gasteiger partial charge < -0.3 is 9.16 Å². The Bertz CT molecular complexity index is 270. The van der Waals surface area contributed by atoms with Crippen LogP contribution >= 0.6 is 0 Å². The first-order valence-electron chi connectivity index (χ1n) is 5.25. The molecule has 1 heterocycles. The molecule has 0 aromatic heterocycles. The maximum Gasteiger partial charge on any atom is 0.375 e. The third kappa shape index (κ3) is 3.75. The zero-order valence-corrected chi connectivity index (χ0v) is 10.9. The lowest BCUT2D eigenvalue weighted by atomic mass is 10.2. The minimum absolute atomic E-state index is 0.147. The second-order valence-electron chi connectivity index (χ2n) is 4.70. The Kier molecular flexibility index (Phi) is 4.04. The lowest BCUT2D eigenvalue weighted by Gasteiger charge is -2.16. The van der Waals surface area contributed by atoms with Crippen molar-refractivity contribution in [3.05, 3.63) is 0 Å². The summed E-state index contributed by atoms with van der Waals surface area (Å²) in [5.74, 6) is -0.164. The average molecular weight is 230 g/mol. The van der Waals surface area contributed by atoms with Crippen LogP contribution in [0.5, 0.6) is 0 Å². The Morgan fingerprint density at radius 2 is 2.20 bits per heavy atom. The Hall–Kier alpha value is -0.683. The molecule has 1 aliphatic rings. The molecule has 1 rings (SSSR count). The Morgan fingerprint density at radius 3 is 2.73 bits per heavy atom. The normalized spacial score (nSPS) is 21.3.